The van der Waals surface area contributed by atoms with E-state index in [1.165, 1.54) is 11.3 Å². The Morgan fingerprint density at radius 2 is 1.95 bits per heavy atom. The van der Waals surface area contributed by atoms with Crippen LogP contribution >= 0.6 is 11.3 Å². The Kier molecular flexibility index (Phi) is 3.88. The normalized spacial score (nSPS) is 15.7. The molecule has 0 radical (unpaired) electrons. The van der Waals surface area contributed by atoms with Crippen LogP contribution in [-0.4, -0.2) is 21.6 Å². The van der Waals surface area contributed by atoms with Gasteiger partial charge >= 0.3 is 0 Å². The molecule has 1 aromatic carbocycles. The molecule has 0 fully saturated rings. The fourth-order valence-electron chi connectivity index (χ4n) is 2.10. The lowest BCUT2D eigenvalue weighted by atomic mass is 10.1. The minimum Gasteiger partial charge on any atom is -0.486 e. The summed E-state index contributed by atoms with van der Waals surface area (Å²) >= 11 is 1.19. The summed E-state index contributed by atoms with van der Waals surface area (Å²) in [6, 6.07) is 8.41. The fraction of sp³-hybridized carbons (Fsp3) is 0.286. The number of nitrogens with one attached hydrogen (secondary N) is 1. The van der Waals surface area contributed by atoms with Crippen molar-refractivity contribution in [3.63, 3.8) is 0 Å². The second-order valence-corrected chi connectivity index (χ2v) is 7.57. The van der Waals surface area contributed by atoms with Gasteiger partial charge in [0.25, 0.3) is 10.0 Å². The Morgan fingerprint density at radius 1 is 1.19 bits per heavy atom. The second-order valence-electron chi connectivity index (χ2n) is 4.68. The molecule has 1 unspecified atom stereocenters. The van der Waals surface area contributed by atoms with Gasteiger partial charge in [0.15, 0.2) is 11.5 Å². The second kappa shape index (κ2) is 5.67. The predicted octanol–water partition coefficient (Wildman–Crippen LogP) is 2.56. The number of rotatable bonds is 4. The number of fused-ring (bicyclic) bond motifs is 1. The number of sulfonamides is 1. The van der Waals surface area contributed by atoms with Crippen molar-refractivity contribution in [1.82, 2.24) is 4.72 Å². The maximum atomic E-state index is 12.2. The highest BCUT2D eigenvalue weighted by Gasteiger charge is 2.21. The van der Waals surface area contributed by atoms with Crippen LogP contribution in [0.1, 0.15) is 18.5 Å². The van der Waals surface area contributed by atoms with Crippen molar-refractivity contribution in [3.8, 4) is 11.5 Å². The van der Waals surface area contributed by atoms with Crippen molar-refractivity contribution < 1.29 is 17.9 Å². The van der Waals surface area contributed by atoms with E-state index in [4.69, 9.17) is 9.47 Å². The molecule has 21 heavy (non-hydrogen) atoms. The zero-order chi connectivity index (χ0) is 14.9. The quantitative estimate of drug-likeness (QED) is 0.938. The van der Waals surface area contributed by atoms with E-state index in [9.17, 15) is 8.42 Å². The summed E-state index contributed by atoms with van der Waals surface area (Å²) in [6.07, 6.45) is 0. The topological polar surface area (TPSA) is 64.6 Å². The summed E-state index contributed by atoms with van der Waals surface area (Å²) in [5.41, 5.74) is 0.833. The van der Waals surface area contributed by atoms with Crippen LogP contribution in [-0.2, 0) is 10.0 Å². The first-order chi connectivity index (χ1) is 10.1. The highest BCUT2D eigenvalue weighted by atomic mass is 32.2. The van der Waals surface area contributed by atoms with Gasteiger partial charge in [-0.25, -0.2) is 13.1 Å². The van der Waals surface area contributed by atoms with Crippen LogP contribution in [0.15, 0.2) is 39.9 Å². The highest BCUT2D eigenvalue weighted by Crippen LogP contribution is 2.33. The number of hydrogen-bond acceptors (Lipinski definition) is 5. The van der Waals surface area contributed by atoms with Gasteiger partial charge in [0, 0.05) is 6.04 Å². The Labute approximate surface area is 127 Å². The first-order valence-corrected chi connectivity index (χ1v) is 8.88. The van der Waals surface area contributed by atoms with E-state index in [0.29, 0.717) is 28.9 Å². The van der Waals surface area contributed by atoms with E-state index in [-0.39, 0.29) is 6.04 Å². The van der Waals surface area contributed by atoms with Crippen molar-refractivity contribution in [2.45, 2.75) is 17.2 Å². The molecule has 2 aromatic rings. The Balaban J connectivity index is 1.81. The van der Waals surface area contributed by atoms with E-state index in [1.54, 1.807) is 30.5 Å². The first-order valence-electron chi connectivity index (χ1n) is 6.52. The van der Waals surface area contributed by atoms with Gasteiger partial charge in [-0.15, -0.1) is 11.3 Å². The summed E-state index contributed by atoms with van der Waals surface area (Å²) < 4.78 is 38.4. The molecule has 0 spiro atoms. The van der Waals surface area contributed by atoms with E-state index in [0.717, 1.165) is 5.56 Å². The van der Waals surface area contributed by atoms with Gasteiger partial charge < -0.3 is 9.47 Å². The van der Waals surface area contributed by atoms with E-state index < -0.39 is 10.0 Å². The molecule has 1 atom stereocenters. The molecule has 0 saturated heterocycles. The molecule has 0 saturated carbocycles. The largest absolute Gasteiger partial charge is 0.486 e. The van der Waals surface area contributed by atoms with Gasteiger partial charge in [-0.1, -0.05) is 12.1 Å². The molecule has 1 aliphatic rings. The molecule has 3 rings (SSSR count). The molecular weight excluding hydrogens is 310 g/mol. The molecule has 1 aliphatic heterocycles. The summed E-state index contributed by atoms with van der Waals surface area (Å²) in [5, 5.41) is 1.74. The standard InChI is InChI=1S/C14H15NO4S2/c1-10(15-21(16,17)14-3-2-8-20-14)11-4-5-12-13(9-11)19-7-6-18-12/h2-5,8-10,15H,6-7H2,1H3. The highest BCUT2D eigenvalue weighted by molar-refractivity contribution is 7.91. The summed E-state index contributed by atoms with van der Waals surface area (Å²) in [4.78, 5) is 0. The molecule has 7 heteroatoms. The molecule has 2 heterocycles. The van der Waals surface area contributed by atoms with Crippen LogP contribution in [0.4, 0.5) is 0 Å². The molecule has 112 valence electrons. The summed E-state index contributed by atoms with van der Waals surface area (Å²) in [6.45, 7) is 2.84. The van der Waals surface area contributed by atoms with Gasteiger partial charge in [0.05, 0.1) is 0 Å². The van der Waals surface area contributed by atoms with Gasteiger partial charge in [0.1, 0.15) is 17.4 Å². The van der Waals surface area contributed by atoms with Crippen LogP contribution < -0.4 is 14.2 Å². The van der Waals surface area contributed by atoms with E-state index in [2.05, 4.69) is 4.72 Å². The lowest BCUT2D eigenvalue weighted by Crippen LogP contribution is -2.26. The first kappa shape index (κ1) is 14.4. The van der Waals surface area contributed by atoms with Crippen molar-refractivity contribution in [2.75, 3.05) is 13.2 Å². The molecule has 1 N–H and O–H groups in total. The van der Waals surface area contributed by atoms with Crippen LogP contribution in [0, 0.1) is 0 Å². The van der Waals surface area contributed by atoms with Crippen LogP contribution in [0.25, 0.3) is 0 Å². The SMILES string of the molecule is CC(NS(=O)(=O)c1cccs1)c1ccc2c(c1)OCCO2. The molecular formula is C14H15NO4S2. The molecule has 5 nitrogen and oxygen atoms in total. The monoisotopic (exact) mass is 325 g/mol. The third-order valence-corrected chi connectivity index (χ3v) is 6.10. The lowest BCUT2D eigenvalue weighted by molar-refractivity contribution is 0.171. The van der Waals surface area contributed by atoms with Gasteiger partial charge in [-0.2, -0.15) is 0 Å². The third kappa shape index (κ3) is 3.04. The lowest BCUT2D eigenvalue weighted by Gasteiger charge is -2.21. The zero-order valence-electron chi connectivity index (χ0n) is 11.4. The number of hydrogen-bond donors (Lipinski definition) is 1. The number of thiophene rings is 1. The predicted molar refractivity (Wildman–Crippen MR) is 80.5 cm³/mol. The zero-order valence-corrected chi connectivity index (χ0v) is 13.0. The molecule has 0 bridgehead atoms. The fourth-order valence-corrected chi connectivity index (χ4v) is 4.35. The average Bonchev–Trinajstić information content (AvgIpc) is 3.01. The van der Waals surface area contributed by atoms with Crippen LogP contribution in [0.3, 0.4) is 0 Å². The maximum absolute atomic E-state index is 12.2. The summed E-state index contributed by atoms with van der Waals surface area (Å²) in [5.74, 6) is 1.35. The minimum absolute atomic E-state index is 0.312. The van der Waals surface area contributed by atoms with E-state index >= 15 is 0 Å². The average molecular weight is 325 g/mol. The smallest absolute Gasteiger partial charge is 0.250 e. The van der Waals surface area contributed by atoms with Crippen molar-refractivity contribution >= 4 is 21.4 Å². The molecule has 1 aromatic heterocycles. The van der Waals surface area contributed by atoms with Gasteiger partial charge in [0.2, 0.25) is 0 Å². The van der Waals surface area contributed by atoms with Crippen LogP contribution in [0.2, 0.25) is 0 Å². The Morgan fingerprint density at radius 3 is 2.67 bits per heavy atom. The van der Waals surface area contributed by atoms with Crippen LogP contribution in [0.5, 0.6) is 11.5 Å². The molecule has 0 amide bonds. The van der Waals surface area contributed by atoms with E-state index in [1.807, 2.05) is 12.1 Å². The molecule has 0 aliphatic carbocycles. The third-order valence-electron chi connectivity index (χ3n) is 3.16. The van der Waals surface area contributed by atoms with Crippen molar-refractivity contribution in [1.29, 1.82) is 0 Å². The number of benzene rings is 1. The number of ether oxygens (including phenoxy) is 2. The Bertz CT molecular complexity index is 725. The maximum Gasteiger partial charge on any atom is 0.250 e. The van der Waals surface area contributed by atoms with Crippen molar-refractivity contribution in [3.05, 3.63) is 41.3 Å². The minimum atomic E-state index is -3.49. The summed E-state index contributed by atoms with van der Waals surface area (Å²) in [7, 11) is -3.49. The Hall–Kier alpha value is -1.57. The van der Waals surface area contributed by atoms with Crippen molar-refractivity contribution in [2.24, 2.45) is 0 Å². The van der Waals surface area contributed by atoms with Gasteiger partial charge in [-0.05, 0) is 36.1 Å². The van der Waals surface area contributed by atoms with Gasteiger partial charge in [-0.3, -0.25) is 0 Å².